The van der Waals surface area contributed by atoms with Crippen LogP contribution in [0.3, 0.4) is 0 Å². The van der Waals surface area contributed by atoms with Crippen LogP contribution in [0.5, 0.6) is 5.75 Å². The van der Waals surface area contributed by atoms with Crippen LogP contribution in [-0.2, 0) is 22.3 Å². The number of aliphatic hydroxyl groups excluding tert-OH is 1. The monoisotopic (exact) mass is 273 g/mol. The van der Waals surface area contributed by atoms with Crippen LogP contribution in [0.2, 0.25) is 0 Å². The Morgan fingerprint density at radius 2 is 2.06 bits per heavy atom. The van der Waals surface area contributed by atoms with E-state index in [-0.39, 0.29) is 46.4 Å². The van der Waals surface area contributed by atoms with E-state index in [9.17, 15) is 9.67 Å². The molecule has 0 aliphatic rings. The summed E-state index contributed by atoms with van der Waals surface area (Å²) in [4.78, 5) is 20.9. The van der Waals surface area contributed by atoms with Crippen molar-refractivity contribution >= 4 is 37.4 Å². The molecule has 7 nitrogen and oxygen atoms in total. The minimum atomic E-state index is -4.61. The van der Waals surface area contributed by atoms with Gasteiger partial charge in [-0.1, -0.05) is 0 Å². The molecule has 1 heterocycles. The maximum atomic E-state index is 10.5. The van der Waals surface area contributed by atoms with Gasteiger partial charge in [0, 0.05) is 17.3 Å². The normalized spacial score (nSPS) is 11.1. The molecule has 0 aromatic carbocycles. The van der Waals surface area contributed by atoms with Crippen LogP contribution in [0.4, 0.5) is 0 Å². The Morgan fingerprint density at radius 3 is 2.53 bits per heavy atom. The van der Waals surface area contributed by atoms with Crippen molar-refractivity contribution in [3.8, 4) is 5.75 Å². The van der Waals surface area contributed by atoms with Gasteiger partial charge in [-0.2, -0.15) is 0 Å². The van der Waals surface area contributed by atoms with Gasteiger partial charge in [0.1, 0.15) is 5.75 Å². The Hall–Kier alpha value is 0.0200. The van der Waals surface area contributed by atoms with Crippen LogP contribution in [-0.4, -0.2) is 54.5 Å². The number of rotatable bonds is 4. The van der Waals surface area contributed by atoms with Gasteiger partial charge in [-0.25, -0.2) is 4.57 Å². The molecule has 0 aliphatic carbocycles. The van der Waals surface area contributed by atoms with Gasteiger partial charge in [0.05, 0.1) is 18.9 Å². The summed E-state index contributed by atoms with van der Waals surface area (Å²) in [7, 11) is -4.61. The summed E-state index contributed by atoms with van der Waals surface area (Å²) >= 11 is 0. The van der Waals surface area contributed by atoms with Crippen molar-refractivity contribution in [1.82, 2.24) is 4.98 Å². The van der Waals surface area contributed by atoms with E-state index >= 15 is 0 Å². The van der Waals surface area contributed by atoms with Crippen LogP contribution in [0, 0.1) is 6.92 Å². The Kier molecular flexibility index (Phi) is 6.83. The predicted molar refractivity (Wildman–Crippen MR) is 60.5 cm³/mol. The van der Waals surface area contributed by atoms with Gasteiger partial charge in [0.15, 0.2) is 0 Å². The quantitative estimate of drug-likeness (QED) is 0.433. The zero-order chi connectivity index (χ0) is 12.3. The topological polar surface area (TPSA) is 120 Å². The average molecular weight is 273 g/mol. The third-order valence-electron chi connectivity index (χ3n) is 1.98. The number of aliphatic hydroxyl groups is 1. The molecule has 1 aromatic heterocycles. The first-order valence-electron chi connectivity index (χ1n) is 4.32. The van der Waals surface area contributed by atoms with Crippen molar-refractivity contribution in [1.29, 1.82) is 0 Å². The van der Waals surface area contributed by atoms with Gasteiger partial charge in [0.2, 0.25) is 0 Å². The summed E-state index contributed by atoms with van der Waals surface area (Å²) < 4.78 is 14.8. The van der Waals surface area contributed by atoms with E-state index in [1.165, 1.54) is 13.1 Å². The minimum absolute atomic E-state index is 0. The van der Waals surface area contributed by atoms with E-state index in [2.05, 4.69) is 9.51 Å². The summed E-state index contributed by atoms with van der Waals surface area (Å²) in [6, 6.07) is 0. The molecule has 92 valence electrons. The van der Waals surface area contributed by atoms with Crippen molar-refractivity contribution in [2.75, 3.05) is 0 Å². The van der Waals surface area contributed by atoms with E-state index in [0.717, 1.165) is 0 Å². The fourth-order valence-corrected chi connectivity index (χ4v) is 1.43. The number of aromatic nitrogens is 1. The summed E-state index contributed by atoms with van der Waals surface area (Å²) in [5, 5.41) is 18.6. The molecule has 4 N–H and O–H groups in total. The maximum absolute atomic E-state index is 10.5. The zero-order valence-corrected chi connectivity index (χ0v) is 9.39. The van der Waals surface area contributed by atoms with Gasteiger partial charge in [0.25, 0.3) is 0 Å². The molecule has 0 unspecified atom stereocenters. The fraction of sp³-hybridized carbons (Fsp3) is 0.375. The number of hydrogen-bond donors (Lipinski definition) is 4. The molecule has 0 aliphatic heterocycles. The standard InChI is InChI=1S/C8H12NO6P.Na.H/c1-5-8(11)7(4-15-16(12,13)14)6(3-10)2-9-5;;/h2,10-11H,3-4H2,1H3,(H2,12,13,14);;. The molecule has 0 bridgehead atoms. The van der Waals surface area contributed by atoms with Crippen molar-refractivity contribution in [3.63, 3.8) is 0 Å². The summed E-state index contributed by atoms with van der Waals surface area (Å²) in [6.45, 7) is 0.632. The van der Waals surface area contributed by atoms with Crippen LogP contribution in [0.15, 0.2) is 6.20 Å². The van der Waals surface area contributed by atoms with Crippen molar-refractivity contribution in [2.45, 2.75) is 20.1 Å². The first kappa shape index (κ1) is 17.0. The van der Waals surface area contributed by atoms with E-state index in [1.807, 2.05) is 0 Å². The van der Waals surface area contributed by atoms with Gasteiger partial charge in [-0.05, 0) is 6.92 Å². The van der Waals surface area contributed by atoms with Crippen molar-refractivity contribution in [3.05, 3.63) is 23.0 Å². The molecule has 0 spiro atoms. The zero-order valence-electron chi connectivity index (χ0n) is 8.49. The Labute approximate surface area is 120 Å². The van der Waals surface area contributed by atoms with Gasteiger partial charge < -0.3 is 20.0 Å². The third-order valence-corrected chi connectivity index (χ3v) is 2.44. The Balaban J connectivity index is 0.00000256. The summed E-state index contributed by atoms with van der Waals surface area (Å²) in [6.07, 6.45) is 1.31. The molecular weight excluding hydrogens is 260 g/mol. The summed E-state index contributed by atoms with van der Waals surface area (Å²) in [5.74, 6) is -0.236. The van der Waals surface area contributed by atoms with E-state index in [4.69, 9.17) is 14.9 Å². The van der Waals surface area contributed by atoms with E-state index in [1.54, 1.807) is 0 Å². The molecule has 9 heteroatoms. The second-order valence-corrected chi connectivity index (χ2v) is 4.36. The number of hydrogen-bond acceptors (Lipinski definition) is 5. The molecular formula is C8H13NNaO6P. The second-order valence-electron chi connectivity index (χ2n) is 3.12. The molecule has 0 saturated carbocycles. The number of phosphoric acid groups is 1. The van der Waals surface area contributed by atoms with Crippen LogP contribution in [0.25, 0.3) is 0 Å². The Morgan fingerprint density at radius 1 is 1.47 bits per heavy atom. The second kappa shape index (κ2) is 6.82. The van der Waals surface area contributed by atoms with Crippen molar-refractivity contribution in [2.24, 2.45) is 0 Å². The Bertz CT molecular complexity index is 434. The molecule has 0 saturated heterocycles. The third kappa shape index (κ3) is 5.03. The number of aromatic hydroxyl groups is 1. The van der Waals surface area contributed by atoms with Gasteiger partial charge >= 0.3 is 37.4 Å². The molecule has 0 radical (unpaired) electrons. The predicted octanol–water partition coefficient (Wildman–Crippen LogP) is -0.451. The number of pyridine rings is 1. The number of aryl methyl sites for hydroxylation is 1. The molecule has 1 rings (SSSR count). The van der Waals surface area contributed by atoms with Crippen LogP contribution < -0.4 is 0 Å². The van der Waals surface area contributed by atoms with Crippen LogP contribution in [0.1, 0.15) is 16.8 Å². The number of nitrogens with zero attached hydrogens (tertiary/aromatic N) is 1. The average Bonchev–Trinajstić information content (AvgIpc) is 2.19. The SMILES string of the molecule is Cc1ncc(CO)c(COP(=O)(O)O)c1O.[NaH]. The molecule has 0 amide bonds. The van der Waals surface area contributed by atoms with Gasteiger partial charge in [-0.3, -0.25) is 9.51 Å². The molecule has 0 fully saturated rings. The van der Waals surface area contributed by atoms with E-state index < -0.39 is 21.0 Å². The van der Waals surface area contributed by atoms with Crippen LogP contribution >= 0.6 is 7.82 Å². The summed E-state index contributed by atoms with van der Waals surface area (Å²) in [5.41, 5.74) is 0.677. The van der Waals surface area contributed by atoms with Gasteiger partial charge in [-0.15, -0.1) is 0 Å². The fourth-order valence-electron chi connectivity index (χ4n) is 1.13. The molecule has 17 heavy (non-hydrogen) atoms. The molecule has 1 aromatic rings. The first-order chi connectivity index (χ1) is 7.35. The first-order valence-corrected chi connectivity index (χ1v) is 5.85. The van der Waals surface area contributed by atoms with E-state index in [0.29, 0.717) is 5.69 Å². The number of phosphoric ester groups is 1. The molecule has 0 atom stereocenters. The van der Waals surface area contributed by atoms with Crippen molar-refractivity contribution < 1.29 is 29.1 Å².